The van der Waals surface area contributed by atoms with Crippen LogP contribution in [0.25, 0.3) is 0 Å². The normalized spacial score (nSPS) is 29.3. The molecule has 22 heavy (non-hydrogen) atoms. The lowest BCUT2D eigenvalue weighted by atomic mass is 9.81. The number of rotatable bonds is 4. The van der Waals surface area contributed by atoms with Crippen molar-refractivity contribution in [3.05, 3.63) is 35.9 Å². The van der Waals surface area contributed by atoms with Gasteiger partial charge in [0, 0.05) is 24.3 Å². The van der Waals surface area contributed by atoms with E-state index in [1.165, 1.54) is 0 Å². The van der Waals surface area contributed by atoms with Gasteiger partial charge in [0.2, 0.25) is 0 Å². The molecule has 1 aliphatic carbocycles. The molecule has 1 aromatic rings. The van der Waals surface area contributed by atoms with Gasteiger partial charge in [-0.05, 0) is 32.1 Å². The van der Waals surface area contributed by atoms with Crippen LogP contribution in [0.2, 0.25) is 0 Å². The molecule has 1 unspecified atom stereocenters. The van der Waals surface area contributed by atoms with Crippen LogP contribution in [-0.4, -0.2) is 23.8 Å². The van der Waals surface area contributed by atoms with Gasteiger partial charge in [0.25, 0.3) is 0 Å². The molecule has 1 saturated heterocycles. The standard InChI is InChI=1S/C19H24O3/c20-17-11-5-4-10-16(17)19-12-6-9-15(22-19)13-18(21)14-7-2-1-3-8-14/h1-3,7-8,15-16,19H,4-6,9-13H2/t15-,16?,19+/m0/s1. The highest BCUT2D eigenvalue weighted by Crippen LogP contribution is 2.33. The summed E-state index contributed by atoms with van der Waals surface area (Å²) < 4.78 is 6.15. The van der Waals surface area contributed by atoms with Gasteiger partial charge in [0.1, 0.15) is 5.78 Å². The summed E-state index contributed by atoms with van der Waals surface area (Å²) in [5.41, 5.74) is 0.752. The molecule has 1 aliphatic heterocycles. The van der Waals surface area contributed by atoms with Gasteiger partial charge in [-0.1, -0.05) is 36.8 Å². The van der Waals surface area contributed by atoms with E-state index < -0.39 is 0 Å². The number of hydrogen-bond donors (Lipinski definition) is 0. The number of carbonyl (C=O) groups excluding carboxylic acids is 2. The number of carbonyl (C=O) groups is 2. The van der Waals surface area contributed by atoms with Gasteiger partial charge in [0.15, 0.2) is 5.78 Å². The molecule has 2 aliphatic rings. The fraction of sp³-hybridized carbons (Fsp3) is 0.579. The Kier molecular flexibility index (Phi) is 5.04. The summed E-state index contributed by atoms with van der Waals surface area (Å²) in [4.78, 5) is 24.4. The molecule has 3 heteroatoms. The molecule has 0 spiro atoms. The van der Waals surface area contributed by atoms with Crippen LogP contribution in [0, 0.1) is 5.92 Å². The third kappa shape index (κ3) is 3.64. The van der Waals surface area contributed by atoms with Crippen LogP contribution in [0.1, 0.15) is 61.7 Å². The Morgan fingerprint density at radius 3 is 2.64 bits per heavy atom. The van der Waals surface area contributed by atoms with Gasteiger partial charge in [-0.2, -0.15) is 0 Å². The quantitative estimate of drug-likeness (QED) is 0.791. The topological polar surface area (TPSA) is 43.4 Å². The minimum absolute atomic E-state index is 0.0267. The summed E-state index contributed by atoms with van der Waals surface area (Å²) in [6.07, 6.45) is 7.21. The van der Waals surface area contributed by atoms with Crippen LogP contribution < -0.4 is 0 Å². The maximum Gasteiger partial charge on any atom is 0.165 e. The predicted molar refractivity (Wildman–Crippen MR) is 84.9 cm³/mol. The molecule has 0 aromatic heterocycles. The predicted octanol–water partition coefficient (Wildman–Crippen LogP) is 3.96. The highest BCUT2D eigenvalue weighted by molar-refractivity contribution is 5.96. The van der Waals surface area contributed by atoms with Crippen LogP contribution in [0.4, 0.5) is 0 Å². The van der Waals surface area contributed by atoms with Crippen molar-refractivity contribution in [1.29, 1.82) is 0 Å². The van der Waals surface area contributed by atoms with Crippen molar-refractivity contribution in [3.63, 3.8) is 0 Å². The molecule has 3 atom stereocenters. The maximum atomic E-state index is 12.3. The first kappa shape index (κ1) is 15.4. The smallest absolute Gasteiger partial charge is 0.165 e. The van der Waals surface area contributed by atoms with Crippen molar-refractivity contribution in [3.8, 4) is 0 Å². The van der Waals surface area contributed by atoms with Gasteiger partial charge in [-0.25, -0.2) is 0 Å². The number of ether oxygens (including phenoxy) is 1. The monoisotopic (exact) mass is 300 g/mol. The van der Waals surface area contributed by atoms with E-state index in [0.29, 0.717) is 18.6 Å². The van der Waals surface area contributed by atoms with Crippen LogP contribution in [0.15, 0.2) is 30.3 Å². The highest BCUT2D eigenvalue weighted by Gasteiger charge is 2.35. The summed E-state index contributed by atoms with van der Waals surface area (Å²) in [6.45, 7) is 0. The third-order valence-corrected chi connectivity index (χ3v) is 4.94. The van der Waals surface area contributed by atoms with Crippen LogP contribution in [0.3, 0.4) is 0 Å². The average Bonchev–Trinajstić information content (AvgIpc) is 2.56. The van der Waals surface area contributed by atoms with Crippen LogP contribution in [0.5, 0.6) is 0 Å². The minimum atomic E-state index is -0.0267. The number of Topliss-reactive ketones (excluding diaryl/α,β-unsaturated/α-hetero) is 2. The highest BCUT2D eigenvalue weighted by atomic mass is 16.5. The first-order chi connectivity index (χ1) is 10.7. The Morgan fingerprint density at radius 2 is 1.86 bits per heavy atom. The van der Waals surface area contributed by atoms with E-state index in [2.05, 4.69) is 0 Å². The molecule has 1 heterocycles. The lowest BCUT2D eigenvalue weighted by molar-refractivity contribution is -0.137. The second-order valence-electron chi connectivity index (χ2n) is 6.54. The molecule has 1 saturated carbocycles. The third-order valence-electron chi connectivity index (χ3n) is 4.94. The Bertz CT molecular complexity index is 523. The molecule has 1 aromatic carbocycles. The fourth-order valence-electron chi connectivity index (χ4n) is 3.73. The molecular formula is C19H24O3. The molecule has 0 amide bonds. The molecule has 2 fully saturated rings. The first-order valence-corrected chi connectivity index (χ1v) is 8.50. The Hall–Kier alpha value is -1.48. The molecule has 0 N–H and O–H groups in total. The summed E-state index contributed by atoms with van der Waals surface area (Å²) in [6, 6.07) is 9.40. The summed E-state index contributed by atoms with van der Waals surface area (Å²) in [7, 11) is 0. The Balaban J connectivity index is 1.58. The lowest BCUT2D eigenvalue weighted by Gasteiger charge is -2.35. The van der Waals surface area contributed by atoms with Gasteiger partial charge < -0.3 is 4.74 Å². The van der Waals surface area contributed by atoms with Crippen molar-refractivity contribution in [2.75, 3.05) is 0 Å². The molecular weight excluding hydrogens is 276 g/mol. The molecule has 118 valence electrons. The van der Waals surface area contributed by atoms with E-state index in [1.807, 2.05) is 30.3 Å². The summed E-state index contributed by atoms with van der Waals surface area (Å²) >= 11 is 0. The maximum absolute atomic E-state index is 12.3. The number of benzene rings is 1. The second-order valence-corrected chi connectivity index (χ2v) is 6.54. The number of ketones is 2. The van der Waals surface area contributed by atoms with Gasteiger partial charge >= 0.3 is 0 Å². The molecule has 0 bridgehead atoms. The zero-order chi connectivity index (χ0) is 15.4. The fourth-order valence-corrected chi connectivity index (χ4v) is 3.73. The SMILES string of the molecule is O=C(C[C@@H]1CCC[C@H](C2CCCCC2=O)O1)c1ccccc1. The van der Waals surface area contributed by atoms with E-state index >= 15 is 0 Å². The zero-order valence-corrected chi connectivity index (χ0v) is 13.0. The van der Waals surface area contributed by atoms with Crippen molar-refractivity contribution >= 4 is 11.6 Å². The summed E-state index contributed by atoms with van der Waals surface area (Å²) in [5.74, 6) is 0.580. The molecule has 3 rings (SSSR count). The largest absolute Gasteiger partial charge is 0.374 e. The Labute approximate surface area is 132 Å². The second kappa shape index (κ2) is 7.19. The molecule has 0 radical (unpaired) electrons. The lowest BCUT2D eigenvalue weighted by Crippen LogP contribution is -2.39. The van der Waals surface area contributed by atoms with Gasteiger partial charge in [0.05, 0.1) is 12.2 Å². The van der Waals surface area contributed by atoms with Gasteiger partial charge in [-0.15, -0.1) is 0 Å². The first-order valence-electron chi connectivity index (χ1n) is 8.50. The van der Waals surface area contributed by atoms with Crippen LogP contribution >= 0.6 is 0 Å². The Morgan fingerprint density at radius 1 is 1.05 bits per heavy atom. The van der Waals surface area contributed by atoms with Crippen molar-refractivity contribution < 1.29 is 14.3 Å². The van der Waals surface area contributed by atoms with Crippen LogP contribution in [-0.2, 0) is 9.53 Å². The van der Waals surface area contributed by atoms with E-state index in [-0.39, 0.29) is 23.9 Å². The molecule has 3 nitrogen and oxygen atoms in total. The minimum Gasteiger partial charge on any atom is -0.374 e. The van der Waals surface area contributed by atoms with E-state index in [4.69, 9.17) is 4.74 Å². The van der Waals surface area contributed by atoms with E-state index in [9.17, 15) is 9.59 Å². The number of hydrogen-bond acceptors (Lipinski definition) is 3. The zero-order valence-electron chi connectivity index (χ0n) is 13.0. The van der Waals surface area contributed by atoms with Crippen molar-refractivity contribution in [1.82, 2.24) is 0 Å². The van der Waals surface area contributed by atoms with Crippen molar-refractivity contribution in [2.45, 2.75) is 63.6 Å². The van der Waals surface area contributed by atoms with E-state index in [0.717, 1.165) is 44.1 Å². The van der Waals surface area contributed by atoms with E-state index in [1.54, 1.807) is 0 Å². The average molecular weight is 300 g/mol. The van der Waals surface area contributed by atoms with Crippen molar-refractivity contribution in [2.24, 2.45) is 5.92 Å². The van der Waals surface area contributed by atoms with Gasteiger partial charge in [-0.3, -0.25) is 9.59 Å². The summed E-state index contributed by atoms with van der Waals surface area (Å²) in [5, 5.41) is 0.